The molecule has 166 valence electrons. The van der Waals surface area contributed by atoms with Crippen molar-refractivity contribution in [1.29, 1.82) is 0 Å². The molecule has 4 nitrogen and oxygen atoms in total. The van der Waals surface area contributed by atoms with E-state index in [1.54, 1.807) is 0 Å². The Morgan fingerprint density at radius 3 is 2.19 bits per heavy atom. The van der Waals surface area contributed by atoms with Crippen LogP contribution in [0.15, 0.2) is 60.7 Å². The average Bonchev–Trinajstić information content (AvgIpc) is 3.10. The van der Waals surface area contributed by atoms with Crippen LogP contribution in [-0.2, 0) is 0 Å². The van der Waals surface area contributed by atoms with Gasteiger partial charge in [0, 0.05) is 43.7 Å². The summed E-state index contributed by atoms with van der Waals surface area (Å²) in [5.41, 5.74) is 3.09. The number of hydrogen-bond donors (Lipinski definition) is 0. The Morgan fingerprint density at radius 2 is 1.41 bits per heavy atom. The average molecular weight is 448 g/mol. The van der Waals surface area contributed by atoms with Crippen LogP contribution in [-0.4, -0.2) is 50.1 Å². The minimum atomic E-state index is 0.160. The number of anilines is 2. The first-order valence-electron chi connectivity index (χ1n) is 11.8. The van der Waals surface area contributed by atoms with Gasteiger partial charge in [-0.1, -0.05) is 60.8 Å². The summed E-state index contributed by atoms with van der Waals surface area (Å²) in [6.07, 6.45) is 4.64. The van der Waals surface area contributed by atoms with E-state index in [9.17, 15) is 4.79 Å². The maximum Gasteiger partial charge on any atom is 0.258 e. The van der Waals surface area contributed by atoms with Crippen LogP contribution in [0.5, 0.6) is 0 Å². The van der Waals surface area contributed by atoms with Gasteiger partial charge in [0.15, 0.2) is 0 Å². The number of carbonyl (C=O) groups excluding carboxylic acids is 1. The molecule has 5 rings (SSSR count). The molecule has 0 saturated carbocycles. The van der Waals surface area contributed by atoms with E-state index in [2.05, 4.69) is 46.2 Å². The lowest BCUT2D eigenvalue weighted by Crippen LogP contribution is -2.46. The van der Waals surface area contributed by atoms with E-state index in [-0.39, 0.29) is 5.91 Å². The number of para-hydroxylation sites is 1. The van der Waals surface area contributed by atoms with Crippen molar-refractivity contribution in [3.63, 3.8) is 0 Å². The van der Waals surface area contributed by atoms with Crippen LogP contribution in [0.2, 0.25) is 5.02 Å². The van der Waals surface area contributed by atoms with E-state index < -0.39 is 0 Å². The number of benzene rings is 3. The van der Waals surface area contributed by atoms with E-state index in [0.29, 0.717) is 0 Å². The lowest BCUT2D eigenvalue weighted by atomic mass is 10.1. The fourth-order valence-corrected chi connectivity index (χ4v) is 5.34. The first-order chi connectivity index (χ1) is 15.7. The van der Waals surface area contributed by atoms with Gasteiger partial charge in [-0.3, -0.25) is 9.69 Å². The highest BCUT2D eigenvalue weighted by Gasteiger charge is 2.28. The van der Waals surface area contributed by atoms with Gasteiger partial charge in [-0.15, -0.1) is 0 Å². The minimum Gasteiger partial charge on any atom is -0.368 e. The second kappa shape index (κ2) is 9.51. The molecule has 1 saturated heterocycles. The summed E-state index contributed by atoms with van der Waals surface area (Å²) in [5.74, 6) is 0.160. The predicted octanol–water partition coefficient (Wildman–Crippen LogP) is 5.84. The van der Waals surface area contributed by atoms with Crippen LogP contribution < -0.4 is 9.80 Å². The molecular weight excluding hydrogens is 418 g/mol. The third kappa shape index (κ3) is 4.22. The third-order valence-corrected chi connectivity index (χ3v) is 7.14. The van der Waals surface area contributed by atoms with Gasteiger partial charge in [0.2, 0.25) is 0 Å². The smallest absolute Gasteiger partial charge is 0.258 e. The summed E-state index contributed by atoms with van der Waals surface area (Å²) in [6.45, 7) is 6.22. The summed E-state index contributed by atoms with van der Waals surface area (Å²) in [5, 5.41) is 3.12. The summed E-state index contributed by atoms with van der Waals surface area (Å²) >= 11 is 6.35. The molecule has 0 unspecified atom stereocenters. The molecule has 5 heteroatoms. The molecule has 0 radical (unpaired) electrons. The highest BCUT2D eigenvalue weighted by Crippen LogP contribution is 2.37. The SMILES string of the molecule is O=C1c2cccc3cccc(c23)N1CCCCCCN1CCN(c2ccccc2Cl)CC1. The zero-order chi connectivity index (χ0) is 21.9. The molecule has 3 aromatic rings. The summed E-state index contributed by atoms with van der Waals surface area (Å²) < 4.78 is 0. The van der Waals surface area contributed by atoms with Crippen LogP contribution in [0.1, 0.15) is 36.0 Å². The van der Waals surface area contributed by atoms with E-state index in [1.807, 2.05) is 29.2 Å². The fraction of sp³-hybridized carbons (Fsp3) is 0.370. The highest BCUT2D eigenvalue weighted by molar-refractivity contribution is 6.33. The van der Waals surface area contributed by atoms with Crippen molar-refractivity contribution >= 4 is 39.7 Å². The monoisotopic (exact) mass is 447 g/mol. The number of nitrogens with zero attached hydrogens (tertiary/aromatic N) is 3. The maximum absolute atomic E-state index is 12.9. The number of amides is 1. The zero-order valence-electron chi connectivity index (χ0n) is 18.5. The Morgan fingerprint density at radius 1 is 0.719 bits per heavy atom. The normalized spacial score (nSPS) is 16.3. The quantitative estimate of drug-likeness (QED) is 0.406. The molecule has 0 N–H and O–H groups in total. The van der Waals surface area contributed by atoms with Crippen molar-refractivity contribution in [3.8, 4) is 0 Å². The number of unbranched alkanes of at least 4 members (excludes halogenated alkanes) is 3. The molecule has 0 aliphatic carbocycles. The Balaban J connectivity index is 1.03. The van der Waals surface area contributed by atoms with Gasteiger partial charge in [0.1, 0.15) is 0 Å². The van der Waals surface area contributed by atoms with Gasteiger partial charge in [-0.05, 0) is 49.0 Å². The summed E-state index contributed by atoms with van der Waals surface area (Å²) in [4.78, 5) is 19.8. The molecule has 32 heavy (non-hydrogen) atoms. The molecule has 2 aliphatic rings. The van der Waals surface area contributed by atoms with Crippen molar-refractivity contribution in [1.82, 2.24) is 4.90 Å². The molecule has 0 atom stereocenters. The number of halogens is 1. The van der Waals surface area contributed by atoms with Crippen molar-refractivity contribution < 1.29 is 4.79 Å². The van der Waals surface area contributed by atoms with E-state index in [4.69, 9.17) is 11.6 Å². The standard InChI is InChI=1S/C27H30ClN3O/c28-23-12-3-4-13-24(23)30-19-17-29(18-20-30)15-5-1-2-6-16-31-25-14-8-10-21-9-7-11-22(26(21)25)27(31)32/h3-4,7-14H,1-2,5-6,15-20H2. The van der Waals surface area contributed by atoms with Crippen molar-refractivity contribution in [3.05, 3.63) is 71.2 Å². The van der Waals surface area contributed by atoms with Gasteiger partial charge in [0.05, 0.1) is 16.4 Å². The van der Waals surface area contributed by atoms with Crippen molar-refractivity contribution in [2.24, 2.45) is 0 Å². The molecule has 2 heterocycles. The Labute approximate surface area is 195 Å². The Hall–Kier alpha value is -2.56. The molecule has 1 amide bonds. The van der Waals surface area contributed by atoms with Crippen molar-refractivity contribution in [2.75, 3.05) is 49.1 Å². The topological polar surface area (TPSA) is 26.8 Å². The molecular formula is C27H30ClN3O. The Bertz CT molecular complexity index is 1100. The second-order valence-corrected chi connectivity index (χ2v) is 9.24. The lowest BCUT2D eigenvalue weighted by molar-refractivity contribution is 0.0992. The molecule has 1 fully saturated rings. The summed E-state index contributed by atoms with van der Waals surface area (Å²) in [6, 6.07) is 20.4. The first kappa shape index (κ1) is 21.3. The highest BCUT2D eigenvalue weighted by atomic mass is 35.5. The van der Waals surface area contributed by atoms with Crippen LogP contribution in [0, 0.1) is 0 Å². The molecule has 0 aromatic heterocycles. The van der Waals surface area contributed by atoms with Crippen LogP contribution in [0.3, 0.4) is 0 Å². The zero-order valence-corrected chi connectivity index (χ0v) is 19.2. The van der Waals surface area contributed by atoms with E-state index in [0.717, 1.165) is 84.8 Å². The van der Waals surface area contributed by atoms with Gasteiger partial charge >= 0.3 is 0 Å². The van der Waals surface area contributed by atoms with Crippen LogP contribution >= 0.6 is 11.6 Å². The first-order valence-corrected chi connectivity index (χ1v) is 12.2. The molecule has 2 aliphatic heterocycles. The second-order valence-electron chi connectivity index (χ2n) is 8.83. The molecule has 0 spiro atoms. The predicted molar refractivity (Wildman–Crippen MR) is 134 cm³/mol. The summed E-state index contributed by atoms with van der Waals surface area (Å²) in [7, 11) is 0. The van der Waals surface area contributed by atoms with E-state index >= 15 is 0 Å². The van der Waals surface area contributed by atoms with Gasteiger partial charge in [-0.25, -0.2) is 0 Å². The van der Waals surface area contributed by atoms with Crippen molar-refractivity contribution in [2.45, 2.75) is 25.7 Å². The molecule has 0 bridgehead atoms. The fourth-order valence-electron chi connectivity index (χ4n) is 5.08. The van der Waals surface area contributed by atoms with Gasteiger partial charge in [-0.2, -0.15) is 0 Å². The number of carbonyl (C=O) groups is 1. The minimum absolute atomic E-state index is 0.160. The van der Waals surface area contributed by atoms with E-state index in [1.165, 1.54) is 12.8 Å². The maximum atomic E-state index is 12.9. The lowest BCUT2D eigenvalue weighted by Gasteiger charge is -2.36. The van der Waals surface area contributed by atoms with Gasteiger partial charge < -0.3 is 9.80 Å². The third-order valence-electron chi connectivity index (χ3n) is 6.82. The van der Waals surface area contributed by atoms with Crippen LogP contribution in [0.4, 0.5) is 11.4 Å². The Kier molecular flexibility index (Phi) is 6.33. The van der Waals surface area contributed by atoms with Crippen LogP contribution in [0.25, 0.3) is 10.8 Å². The number of piperazine rings is 1. The molecule has 3 aromatic carbocycles. The number of hydrogen-bond acceptors (Lipinski definition) is 3. The number of rotatable bonds is 8. The van der Waals surface area contributed by atoms with Gasteiger partial charge in [0.25, 0.3) is 5.91 Å². The largest absolute Gasteiger partial charge is 0.368 e.